The van der Waals surface area contributed by atoms with Crippen molar-refractivity contribution in [2.45, 2.75) is 6.54 Å². The normalized spacial score (nSPS) is 10.7. The van der Waals surface area contributed by atoms with Gasteiger partial charge in [0.1, 0.15) is 0 Å². The Morgan fingerprint density at radius 1 is 1.15 bits per heavy atom. The molecule has 0 spiro atoms. The summed E-state index contributed by atoms with van der Waals surface area (Å²) in [6.07, 6.45) is 1.71. The second-order valence-corrected chi connectivity index (χ2v) is 5.00. The first-order valence-electron chi connectivity index (χ1n) is 6.33. The molecule has 0 bridgehead atoms. The SMILES string of the molecule is O=C(NCc1ccccc1)c1c[nH]c2cc(Cl)ccc12. The lowest BCUT2D eigenvalue weighted by atomic mass is 10.1. The van der Waals surface area contributed by atoms with Crippen LogP contribution in [0.3, 0.4) is 0 Å². The number of aromatic amines is 1. The van der Waals surface area contributed by atoms with Gasteiger partial charge < -0.3 is 10.3 Å². The highest BCUT2D eigenvalue weighted by molar-refractivity contribution is 6.31. The summed E-state index contributed by atoms with van der Waals surface area (Å²) in [4.78, 5) is 15.3. The third-order valence-electron chi connectivity index (χ3n) is 3.18. The first-order chi connectivity index (χ1) is 9.74. The van der Waals surface area contributed by atoms with E-state index >= 15 is 0 Å². The van der Waals surface area contributed by atoms with Gasteiger partial charge >= 0.3 is 0 Å². The second-order valence-electron chi connectivity index (χ2n) is 4.56. The first-order valence-corrected chi connectivity index (χ1v) is 6.70. The molecule has 0 aliphatic carbocycles. The fourth-order valence-electron chi connectivity index (χ4n) is 2.16. The Balaban J connectivity index is 1.79. The minimum absolute atomic E-state index is 0.0950. The van der Waals surface area contributed by atoms with Crippen molar-refractivity contribution >= 4 is 28.4 Å². The number of benzene rings is 2. The van der Waals surface area contributed by atoms with Crippen molar-refractivity contribution in [2.24, 2.45) is 0 Å². The van der Waals surface area contributed by atoms with Crippen LogP contribution in [-0.4, -0.2) is 10.9 Å². The molecule has 0 unspecified atom stereocenters. The van der Waals surface area contributed by atoms with Crippen LogP contribution in [0.2, 0.25) is 5.02 Å². The number of carbonyl (C=O) groups is 1. The molecule has 3 rings (SSSR count). The Bertz CT molecular complexity index is 750. The van der Waals surface area contributed by atoms with E-state index in [9.17, 15) is 4.79 Å². The van der Waals surface area contributed by atoms with Gasteiger partial charge in [-0.15, -0.1) is 0 Å². The molecule has 0 aliphatic rings. The summed E-state index contributed by atoms with van der Waals surface area (Å²) in [5, 5.41) is 4.44. The monoisotopic (exact) mass is 284 g/mol. The Hall–Kier alpha value is -2.26. The lowest BCUT2D eigenvalue weighted by Crippen LogP contribution is -2.22. The molecule has 3 aromatic rings. The van der Waals surface area contributed by atoms with E-state index in [0.717, 1.165) is 16.5 Å². The van der Waals surface area contributed by atoms with Crippen molar-refractivity contribution in [3.63, 3.8) is 0 Å². The smallest absolute Gasteiger partial charge is 0.253 e. The molecular weight excluding hydrogens is 272 g/mol. The molecule has 0 saturated carbocycles. The Kier molecular flexibility index (Phi) is 3.44. The van der Waals surface area contributed by atoms with Crippen LogP contribution in [0.25, 0.3) is 10.9 Å². The average Bonchev–Trinajstić information content (AvgIpc) is 2.89. The van der Waals surface area contributed by atoms with E-state index < -0.39 is 0 Å². The molecule has 0 aliphatic heterocycles. The molecule has 2 aromatic carbocycles. The minimum atomic E-state index is -0.0950. The number of hydrogen-bond acceptors (Lipinski definition) is 1. The van der Waals surface area contributed by atoms with Crippen molar-refractivity contribution in [1.82, 2.24) is 10.3 Å². The Labute approximate surface area is 121 Å². The summed E-state index contributed by atoms with van der Waals surface area (Å²) in [5.41, 5.74) is 2.57. The second kappa shape index (κ2) is 5.39. The number of H-pyrrole nitrogens is 1. The summed E-state index contributed by atoms with van der Waals surface area (Å²) < 4.78 is 0. The summed E-state index contributed by atoms with van der Waals surface area (Å²) in [6, 6.07) is 15.3. The molecule has 0 radical (unpaired) electrons. The number of carbonyl (C=O) groups excluding carboxylic acids is 1. The largest absolute Gasteiger partial charge is 0.360 e. The molecule has 4 heteroatoms. The maximum Gasteiger partial charge on any atom is 0.253 e. The van der Waals surface area contributed by atoms with Gasteiger partial charge in [-0.1, -0.05) is 48.0 Å². The zero-order valence-corrected chi connectivity index (χ0v) is 11.4. The molecule has 0 atom stereocenters. The van der Waals surface area contributed by atoms with Crippen LogP contribution in [0.1, 0.15) is 15.9 Å². The van der Waals surface area contributed by atoms with Gasteiger partial charge in [0.15, 0.2) is 0 Å². The van der Waals surface area contributed by atoms with Crippen molar-refractivity contribution in [3.8, 4) is 0 Å². The van der Waals surface area contributed by atoms with Crippen molar-refractivity contribution in [3.05, 3.63) is 70.9 Å². The summed E-state index contributed by atoms with van der Waals surface area (Å²) in [5.74, 6) is -0.0950. The van der Waals surface area contributed by atoms with Gasteiger partial charge in [0, 0.05) is 28.7 Å². The van der Waals surface area contributed by atoms with Crippen LogP contribution < -0.4 is 5.32 Å². The zero-order valence-electron chi connectivity index (χ0n) is 10.7. The number of amides is 1. The maximum absolute atomic E-state index is 12.2. The molecule has 20 heavy (non-hydrogen) atoms. The van der Waals surface area contributed by atoms with Gasteiger partial charge in [0.2, 0.25) is 0 Å². The van der Waals surface area contributed by atoms with Gasteiger partial charge in [-0.2, -0.15) is 0 Å². The molecule has 1 heterocycles. The predicted octanol–water partition coefficient (Wildman–Crippen LogP) is 3.75. The molecule has 2 N–H and O–H groups in total. The number of nitrogens with one attached hydrogen (secondary N) is 2. The standard InChI is InChI=1S/C16H13ClN2O/c17-12-6-7-13-14(10-18-15(13)8-12)16(20)19-9-11-4-2-1-3-5-11/h1-8,10,18H,9H2,(H,19,20). The first kappa shape index (κ1) is 12.8. The van der Waals surface area contributed by atoms with E-state index in [-0.39, 0.29) is 5.91 Å². The lowest BCUT2D eigenvalue weighted by molar-refractivity contribution is 0.0952. The van der Waals surface area contributed by atoms with Crippen LogP contribution in [0.5, 0.6) is 0 Å². The zero-order chi connectivity index (χ0) is 13.9. The fourth-order valence-corrected chi connectivity index (χ4v) is 2.33. The van der Waals surface area contributed by atoms with Crippen LogP contribution in [0.15, 0.2) is 54.7 Å². The molecule has 3 nitrogen and oxygen atoms in total. The average molecular weight is 285 g/mol. The number of halogens is 1. The number of hydrogen-bond donors (Lipinski definition) is 2. The van der Waals surface area contributed by atoms with Crippen LogP contribution in [0.4, 0.5) is 0 Å². The molecule has 100 valence electrons. The van der Waals surface area contributed by atoms with Crippen molar-refractivity contribution in [2.75, 3.05) is 0 Å². The van der Waals surface area contributed by atoms with Crippen LogP contribution in [-0.2, 0) is 6.54 Å². The summed E-state index contributed by atoms with van der Waals surface area (Å²) >= 11 is 5.93. The molecular formula is C16H13ClN2O. The van der Waals surface area contributed by atoms with Crippen LogP contribution in [0, 0.1) is 0 Å². The van der Waals surface area contributed by atoms with E-state index in [4.69, 9.17) is 11.6 Å². The molecule has 1 aromatic heterocycles. The number of aromatic nitrogens is 1. The highest BCUT2D eigenvalue weighted by Crippen LogP contribution is 2.22. The van der Waals surface area contributed by atoms with Gasteiger partial charge in [-0.3, -0.25) is 4.79 Å². The van der Waals surface area contributed by atoms with Crippen molar-refractivity contribution < 1.29 is 4.79 Å². The number of fused-ring (bicyclic) bond motifs is 1. The Morgan fingerprint density at radius 3 is 2.75 bits per heavy atom. The maximum atomic E-state index is 12.2. The quantitative estimate of drug-likeness (QED) is 0.756. The topological polar surface area (TPSA) is 44.9 Å². The fraction of sp³-hybridized carbons (Fsp3) is 0.0625. The van der Waals surface area contributed by atoms with E-state index in [1.165, 1.54) is 0 Å². The van der Waals surface area contributed by atoms with E-state index in [0.29, 0.717) is 17.1 Å². The van der Waals surface area contributed by atoms with Crippen LogP contribution >= 0.6 is 11.6 Å². The number of rotatable bonds is 3. The summed E-state index contributed by atoms with van der Waals surface area (Å²) in [7, 11) is 0. The molecule has 1 amide bonds. The third-order valence-corrected chi connectivity index (χ3v) is 3.42. The Morgan fingerprint density at radius 2 is 1.95 bits per heavy atom. The van der Waals surface area contributed by atoms with E-state index in [1.54, 1.807) is 12.3 Å². The lowest BCUT2D eigenvalue weighted by Gasteiger charge is -2.04. The molecule has 0 saturated heterocycles. The molecule has 0 fully saturated rings. The van der Waals surface area contributed by atoms with E-state index in [2.05, 4.69) is 10.3 Å². The van der Waals surface area contributed by atoms with Crippen molar-refractivity contribution in [1.29, 1.82) is 0 Å². The van der Waals surface area contributed by atoms with Gasteiger partial charge in [-0.25, -0.2) is 0 Å². The highest BCUT2D eigenvalue weighted by Gasteiger charge is 2.11. The highest BCUT2D eigenvalue weighted by atomic mass is 35.5. The van der Waals surface area contributed by atoms with Gasteiger partial charge in [0.05, 0.1) is 5.56 Å². The van der Waals surface area contributed by atoms with Gasteiger partial charge in [-0.05, 0) is 17.7 Å². The van der Waals surface area contributed by atoms with E-state index in [1.807, 2.05) is 42.5 Å². The summed E-state index contributed by atoms with van der Waals surface area (Å²) in [6.45, 7) is 0.514. The van der Waals surface area contributed by atoms with Gasteiger partial charge in [0.25, 0.3) is 5.91 Å². The minimum Gasteiger partial charge on any atom is -0.360 e. The predicted molar refractivity (Wildman–Crippen MR) is 80.9 cm³/mol. The third kappa shape index (κ3) is 2.53.